The SMILES string of the molecule is C=C(N(C)C)C(CCN)(c1ccccc1)c1ccccc1. The molecule has 0 amide bonds. The van der Waals surface area contributed by atoms with E-state index in [2.05, 4.69) is 60.0 Å². The van der Waals surface area contributed by atoms with Crippen molar-refractivity contribution in [2.45, 2.75) is 11.8 Å². The highest BCUT2D eigenvalue weighted by atomic mass is 15.1. The van der Waals surface area contributed by atoms with Crippen molar-refractivity contribution in [3.05, 3.63) is 84.1 Å². The van der Waals surface area contributed by atoms with E-state index in [1.807, 2.05) is 26.2 Å². The monoisotopic (exact) mass is 280 g/mol. The summed E-state index contributed by atoms with van der Waals surface area (Å²) in [5.74, 6) is 0. The topological polar surface area (TPSA) is 29.3 Å². The van der Waals surface area contributed by atoms with Crippen LogP contribution in [0.2, 0.25) is 0 Å². The minimum atomic E-state index is -0.277. The molecular formula is C19H24N2. The van der Waals surface area contributed by atoms with Crippen molar-refractivity contribution in [3.8, 4) is 0 Å². The van der Waals surface area contributed by atoms with E-state index in [0.717, 1.165) is 12.1 Å². The van der Waals surface area contributed by atoms with Crippen molar-refractivity contribution in [1.82, 2.24) is 4.90 Å². The van der Waals surface area contributed by atoms with Crippen LogP contribution >= 0.6 is 0 Å². The summed E-state index contributed by atoms with van der Waals surface area (Å²) < 4.78 is 0. The van der Waals surface area contributed by atoms with E-state index < -0.39 is 0 Å². The third kappa shape index (κ3) is 2.86. The fraction of sp³-hybridized carbons (Fsp3) is 0.263. The predicted molar refractivity (Wildman–Crippen MR) is 90.2 cm³/mol. The molecule has 0 fully saturated rings. The van der Waals surface area contributed by atoms with Gasteiger partial charge in [-0.3, -0.25) is 0 Å². The van der Waals surface area contributed by atoms with Crippen LogP contribution in [0.15, 0.2) is 72.9 Å². The third-order valence-corrected chi connectivity index (χ3v) is 4.08. The van der Waals surface area contributed by atoms with Crippen molar-refractivity contribution in [2.75, 3.05) is 20.6 Å². The van der Waals surface area contributed by atoms with Gasteiger partial charge in [-0.15, -0.1) is 0 Å². The molecule has 2 aromatic rings. The van der Waals surface area contributed by atoms with Gasteiger partial charge < -0.3 is 10.6 Å². The quantitative estimate of drug-likeness (QED) is 0.878. The van der Waals surface area contributed by atoms with Crippen molar-refractivity contribution < 1.29 is 0 Å². The van der Waals surface area contributed by atoms with Gasteiger partial charge in [0.1, 0.15) is 0 Å². The Hall–Kier alpha value is -2.06. The number of hydrogen-bond donors (Lipinski definition) is 1. The van der Waals surface area contributed by atoms with Crippen LogP contribution in [0, 0.1) is 0 Å². The fourth-order valence-corrected chi connectivity index (χ4v) is 2.98. The molecule has 2 heteroatoms. The second-order valence-electron chi connectivity index (χ2n) is 5.52. The Balaban J connectivity index is 2.69. The fourth-order valence-electron chi connectivity index (χ4n) is 2.98. The summed E-state index contributed by atoms with van der Waals surface area (Å²) >= 11 is 0. The molecule has 2 N–H and O–H groups in total. The smallest absolute Gasteiger partial charge is 0.0606 e. The maximum Gasteiger partial charge on any atom is 0.0606 e. The number of likely N-dealkylation sites (N-methyl/N-ethyl adjacent to an activating group) is 1. The van der Waals surface area contributed by atoms with E-state index in [0.29, 0.717) is 6.54 Å². The number of rotatable bonds is 6. The van der Waals surface area contributed by atoms with E-state index in [4.69, 9.17) is 5.73 Å². The lowest BCUT2D eigenvalue weighted by molar-refractivity contribution is 0.395. The summed E-state index contributed by atoms with van der Waals surface area (Å²) in [6, 6.07) is 21.0. The van der Waals surface area contributed by atoms with Crippen LogP contribution in [0.25, 0.3) is 0 Å². The number of nitrogens with zero attached hydrogens (tertiary/aromatic N) is 1. The molecule has 0 saturated carbocycles. The van der Waals surface area contributed by atoms with Crippen LogP contribution in [0.3, 0.4) is 0 Å². The summed E-state index contributed by atoms with van der Waals surface area (Å²) in [6.07, 6.45) is 0.831. The molecule has 0 saturated heterocycles. The predicted octanol–water partition coefficient (Wildman–Crippen LogP) is 3.40. The molecular weight excluding hydrogens is 256 g/mol. The van der Waals surface area contributed by atoms with Gasteiger partial charge in [0.05, 0.1) is 5.41 Å². The molecule has 0 aliphatic carbocycles. The molecule has 0 aromatic heterocycles. The van der Waals surface area contributed by atoms with Crippen LogP contribution in [0.1, 0.15) is 17.5 Å². The number of allylic oxidation sites excluding steroid dienone is 1. The van der Waals surface area contributed by atoms with E-state index in [-0.39, 0.29) is 5.41 Å². The molecule has 0 radical (unpaired) electrons. The first-order valence-corrected chi connectivity index (χ1v) is 7.30. The van der Waals surface area contributed by atoms with Crippen molar-refractivity contribution >= 4 is 0 Å². The molecule has 0 heterocycles. The number of nitrogens with two attached hydrogens (primary N) is 1. The van der Waals surface area contributed by atoms with Crippen LogP contribution in [0.4, 0.5) is 0 Å². The lowest BCUT2D eigenvalue weighted by Crippen LogP contribution is -2.38. The average Bonchev–Trinajstić information content (AvgIpc) is 2.53. The standard InChI is InChI=1S/C19H24N2/c1-16(21(2)3)19(14-15-20,17-10-6-4-7-11-17)18-12-8-5-9-13-18/h4-13H,1,14-15,20H2,2-3H3. The normalized spacial score (nSPS) is 11.2. The summed E-state index contributed by atoms with van der Waals surface area (Å²) in [6.45, 7) is 4.98. The highest BCUT2D eigenvalue weighted by Gasteiger charge is 2.37. The maximum atomic E-state index is 5.97. The highest BCUT2D eigenvalue weighted by Crippen LogP contribution is 2.41. The molecule has 2 aromatic carbocycles. The van der Waals surface area contributed by atoms with Gasteiger partial charge in [-0.1, -0.05) is 67.2 Å². The van der Waals surface area contributed by atoms with Gasteiger partial charge in [-0.25, -0.2) is 0 Å². The number of hydrogen-bond acceptors (Lipinski definition) is 2. The third-order valence-electron chi connectivity index (χ3n) is 4.08. The van der Waals surface area contributed by atoms with E-state index in [9.17, 15) is 0 Å². The number of benzene rings is 2. The van der Waals surface area contributed by atoms with E-state index in [1.54, 1.807) is 0 Å². The first kappa shape index (κ1) is 15.3. The zero-order valence-corrected chi connectivity index (χ0v) is 12.9. The molecule has 2 rings (SSSR count). The van der Waals surface area contributed by atoms with Crippen molar-refractivity contribution in [3.63, 3.8) is 0 Å². The van der Waals surface area contributed by atoms with Gasteiger partial charge in [0.25, 0.3) is 0 Å². The lowest BCUT2D eigenvalue weighted by atomic mass is 9.69. The molecule has 0 spiro atoms. The van der Waals surface area contributed by atoms with Crippen LogP contribution in [0.5, 0.6) is 0 Å². The van der Waals surface area contributed by atoms with Crippen molar-refractivity contribution in [1.29, 1.82) is 0 Å². The molecule has 2 nitrogen and oxygen atoms in total. The molecule has 0 aliphatic rings. The van der Waals surface area contributed by atoms with Gasteiger partial charge in [0.2, 0.25) is 0 Å². The summed E-state index contributed by atoms with van der Waals surface area (Å²) in [5.41, 5.74) is 9.22. The van der Waals surface area contributed by atoms with Crippen LogP contribution in [-0.4, -0.2) is 25.5 Å². The first-order chi connectivity index (χ1) is 10.1. The minimum Gasteiger partial charge on any atom is -0.380 e. The first-order valence-electron chi connectivity index (χ1n) is 7.30. The van der Waals surface area contributed by atoms with Gasteiger partial charge in [0.15, 0.2) is 0 Å². The second kappa shape index (κ2) is 6.59. The molecule has 0 bridgehead atoms. The Morgan fingerprint density at radius 2 is 1.38 bits per heavy atom. The molecule has 21 heavy (non-hydrogen) atoms. The summed E-state index contributed by atoms with van der Waals surface area (Å²) in [4.78, 5) is 2.09. The average molecular weight is 280 g/mol. The summed E-state index contributed by atoms with van der Waals surface area (Å²) in [5, 5.41) is 0. The molecule has 110 valence electrons. The van der Waals surface area contributed by atoms with Gasteiger partial charge in [-0.2, -0.15) is 0 Å². The molecule has 0 unspecified atom stereocenters. The Morgan fingerprint density at radius 1 is 0.952 bits per heavy atom. The zero-order chi connectivity index (χ0) is 15.3. The molecule has 0 aliphatic heterocycles. The van der Waals surface area contributed by atoms with Crippen molar-refractivity contribution in [2.24, 2.45) is 5.73 Å². The Kier molecular flexibility index (Phi) is 4.81. The highest BCUT2D eigenvalue weighted by molar-refractivity contribution is 5.47. The van der Waals surface area contributed by atoms with Crippen LogP contribution < -0.4 is 5.73 Å². The van der Waals surface area contributed by atoms with Gasteiger partial charge >= 0.3 is 0 Å². The minimum absolute atomic E-state index is 0.277. The second-order valence-corrected chi connectivity index (χ2v) is 5.52. The van der Waals surface area contributed by atoms with E-state index >= 15 is 0 Å². The molecule has 0 atom stereocenters. The van der Waals surface area contributed by atoms with E-state index in [1.165, 1.54) is 11.1 Å². The lowest BCUT2D eigenvalue weighted by Gasteiger charge is -2.40. The van der Waals surface area contributed by atoms with Gasteiger partial charge in [-0.05, 0) is 24.1 Å². The Morgan fingerprint density at radius 3 is 1.71 bits per heavy atom. The maximum absolute atomic E-state index is 5.97. The Labute approximate surface area is 127 Å². The summed E-state index contributed by atoms with van der Waals surface area (Å²) in [7, 11) is 4.08. The van der Waals surface area contributed by atoms with Gasteiger partial charge in [0, 0.05) is 19.8 Å². The zero-order valence-electron chi connectivity index (χ0n) is 12.9. The van der Waals surface area contributed by atoms with Crippen LogP contribution in [-0.2, 0) is 5.41 Å². The Bertz CT molecular complexity index is 534. The largest absolute Gasteiger partial charge is 0.380 e.